The van der Waals surface area contributed by atoms with Gasteiger partial charge in [-0.1, -0.05) is 6.07 Å². The lowest BCUT2D eigenvalue weighted by atomic mass is 10.1. The molecule has 12 heteroatoms. The maximum Gasteiger partial charge on any atom is 0.233 e. The van der Waals surface area contributed by atoms with E-state index in [1.54, 1.807) is 4.68 Å². The zero-order chi connectivity index (χ0) is 29.7. The van der Waals surface area contributed by atoms with Crippen LogP contribution in [0.4, 0.5) is 10.2 Å². The number of ether oxygens (including phenoxy) is 1. The van der Waals surface area contributed by atoms with E-state index in [1.165, 1.54) is 18.5 Å². The number of aromatic nitrogens is 7. The fraction of sp³-hybridized carbons (Fsp3) is 0.258. The second kappa shape index (κ2) is 10.6. The first-order valence-electron chi connectivity index (χ1n) is 14.1. The van der Waals surface area contributed by atoms with Gasteiger partial charge in [0.1, 0.15) is 41.2 Å². The number of pyridine rings is 1. The quantitative estimate of drug-likeness (QED) is 0.288. The third kappa shape index (κ3) is 4.89. The molecule has 0 aliphatic carbocycles. The highest BCUT2D eigenvalue weighted by Crippen LogP contribution is 2.38. The first kappa shape index (κ1) is 26.8. The molecule has 6 aromatic rings. The van der Waals surface area contributed by atoms with Crippen molar-refractivity contribution >= 4 is 22.4 Å². The number of hydrogen-bond acceptors (Lipinski definition) is 9. The topological polar surface area (TPSA) is 133 Å². The Morgan fingerprint density at radius 3 is 2.65 bits per heavy atom. The Morgan fingerprint density at radius 1 is 1.05 bits per heavy atom. The predicted molar refractivity (Wildman–Crippen MR) is 160 cm³/mol. The molecule has 1 atom stereocenters. The molecule has 6 heterocycles. The number of halogens is 1. The third-order valence-corrected chi connectivity index (χ3v) is 8.04. The number of nitrogen functional groups attached to an aromatic ring is 1. The van der Waals surface area contributed by atoms with Gasteiger partial charge in [-0.25, -0.2) is 19.0 Å². The average molecular weight is 580 g/mol. The summed E-state index contributed by atoms with van der Waals surface area (Å²) in [6, 6.07) is 15.2. The highest BCUT2D eigenvalue weighted by molar-refractivity contribution is 5.98. The first-order valence-corrected chi connectivity index (χ1v) is 14.1. The van der Waals surface area contributed by atoms with Gasteiger partial charge < -0.3 is 24.9 Å². The molecular formula is C31H30FN9O2. The van der Waals surface area contributed by atoms with Crippen LogP contribution in [0.2, 0.25) is 0 Å². The number of fused-ring (bicyclic) bond motifs is 2. The Labute approximate surface area is 246 Å². The summed E-state index contributed by atoms with van der Waals surface area (Å²) < 4.78 is 24.2. The molecule has 1 saturated heterocycles. The molecule has 0 radical (unpaired) electrons. The second-order valence-electron chi connectivity index (χ2n) is 10.9. The SMILES string of the molecule is CC(c1cc2ccccn2c1-c1ccc(OC2CCN(C)CC2)nn1)n1nc(-c2cc(O)cc(F)c2)c2c(N)ncnc21. The molecule has 0 amide bonds. The van der Waals surface area contributed by atoms with Crippen molar-refractivity contribution in [1.29, 1.82) is 0 Å². The average Bonchev–Trinajstić information content (AvgIpc) is 3.58. The van der Waals surface area contributed by atoms with E-state index in [0.717, 1.165) is 48.8 Å². The van der Waals surface area contributed by atoms with Gasteiger partial charge >= 0.3 is 0 Å². The fourth-order valence-electron chi connectivity index (χ4n) is 5.83. The minimum absolute atomic E-state index is 0.123. The predicted octanol–water partition coefficient (Wildman–Crippen LogP) is 4.71. The molecule has 1 fully saturated rings. The molecule has 0 saturated carbocycles. The number of phenols is 1. The van der Waals surface area contributed by atoms with E-state index >= 15 is 0 Å². The highest BCUT2D eigenvalue weighted by Gasteiger charge is 2.26. The van der Waals surface area contributed by atoms with Gasteiger partial charge in [-0.2, -0.15) is 5.10 Å². The highest BCUT2D eigenvalue weighted by atomic mass is 19.1. The third-order valence-electron chi connectivity index (χ3n) is 8.04. The number of piperidine rings is 1. The van der Waals surface area contributed by atoms with Crippen LogP contribution in [0.5, 0.6) is 11.6 Å². The molecule has 1 aliphatic heterocycles. The van der Waals surface area contributed by atoms with Gasteiger partial charge in [0.25, 0.3) is 0 Å². The van der Waals surface area contributed by atoms with Crippen molar-refractivity contribution in [3.63, 3.8) is 0 Å². The first-order chi connectivity index (χ1) is 20.9. The number of phenolic OH excluding ortho intramolecular Hbond substituents is 1. The lowest BCUT2D eigenvalue weighted by molar-refractivity contribution is 0.109. The largest absolute Gasteiger partial charge is 0.508 e. The summed E-state index contributed by atoms with van der Waals surface area (Å²) in [5.41, 5.74) is 10.9. The lowest BCUT2D eigenvalue weighted by Gasteiger charge is -2.28. The maximum atomic E-state index is 14.3. The standard InChI is InChI=1S/C31H30FN9O2/c1-18(41-31-27(30(33)34-17-35-31)28(38-41)19-13-20(32)15-22(42)14-19)24-16-21-5-3-4-10-40(21)29(24)25-6-7-26(37-36-25)43-23-8-11-39(2)12-9-23/h3-7,10,13-18,23,42H,8-9,11-12H2,1-2H3,(H2,33,34,35). The Kier molecular flexibility index (Phi) is 6.62. The summed E-state index contributed by atoms with van der Waals surface area (Å²) in [4.78, 5) is 11.0. The van der Waals surface area contributed by atoms with Crippen LogP contribution in [-0.2, 0) is 0 Å². The zero-order valence-electron chi connectivity index (χ0n) is 23.7. The van der Waals surface area contributed by atoms with E-state index in [2.05, 4.69) is 42.6 Å². The molecule has 1 aliphatic rings. The molecule has 218 valence electrons. The van der Waals surface area contributed by atoms with Crippen LogP contribution in [0, 0.1) is 5.82 Å². The number of nitrogens with zero attached hydrogens (tertiary/aromatic N) is 8. The second-order valence-corrected chi connectivity index (χ2v) is 10.9. The van der Waals surface area contributed by atoms with E-state index < -0.39 is 5.82 Å². The molecule has 0 bridgehead atoms. The van der Waals surface area contributed by atoms with Crippen LogP contribution < -0.4 is 10.5 Å². The molecule has 1 unspecified atom stereocenters. The Bertz CT molecular complexity index is 1930. The number of benzene rings is 1. The van der Waals surface area contributed by atoms with E-state index in [-0.39, 0.29) is 23.7 Å². The van der Waals surface area contributed by atoms with Crippen LogP contribution in [0.3, 0.4) is 0 Å². The van der Waals surface area contributed by atoms with Crippen molar-refractivity contribution < 1.29 is 14.2 Å². The number of hydrogen-bond donors (Lipinski definition) is 2. The van der Waals surface area contributed by atoms with Crippen LogP contribution in [0.1, 0.15) is 31.4 Å². The zero-order valence-corrected chi connectivity index (χ0v) is 23.7. The van der Waals surface area contributed by atoms with Gasteiger partial charge in [0.2, 0.25) is 5.88 Å². The molecule has 11 nitrogen and oxygen atoms in total. The van der Waals surface area contributed by atoms with E-state index in [1.807, 2.05) is 43.5 Å². The summed E-state index contributed by atoms with van der Waals surface area (Å²) in [7, 11) is 2.12. The number of nitrogens with two attached hydrogens (primary N) is 1. The summed E-state index contributed by atoms with van der Waals surface area (Å²) in [6.45, 7) is 3.99. The van der Waals surface area contributed by atoms with E-state index in [4.69, 9.17) is 15.6 Å². The summed E-state index contributed by atoms with van der Waals surface area (Å²) in [5, 5.41) is 24.4. The van der Waals surface area contributed by atoms with Gasteiger partial charge in [-0.15, -0.1) is 10.2 Å². The smallest absolute Gasteiger partial charge is 0.233 e. The molecule has 7 rings (SSSR count). The number of rotatable bonds is 6. The van der Waals surface area contributed by atoms with Crippen molar-refractivity contribution in [1.82, 2.24) is 39.2 Å². The van der Waals surface area contributed by atoms with Crippen molar-refractivity contribution in [2.24, 2.45) is 0 Å². The number of anilines is 1. The normalized spacial score (nSPS) is 15.3. The maximum absolute atomic E-state index is 14.3. The minimum Gasteiger partial charge on any atom is -0.508 e. The molecule has 43 heavy (non-hydrogen) atoms. The molecule has 0 spiro atoms. The number of aromatic hydroxyl groups is 1. The van der Waals surface area contributed by atoms with Crippen LogP contribution >= 0.6 is 0 Å². The minimum atomic E-state index is -0.594. The van der Waals surface area contributed by atoms with E-state index in [9.17, 15) is 9.50 Å². The van der Waals surface area contributed by atoms with Crippen molar-refractivity contribution in [3.05, 3.63) is 78.5 Å². The molecule has 5 aromatic heterocycles. The monoisotopic (exact) mass is 579 g/mol. The summed E-state index contributed by atoms with van der Waals surface area (Å²) >= 11 is 0. The van der Waals surface area contributed by atoms with Crippen molar-refractivity contribution in [3.8, 4) is 34.3 Å². The fourth-order valence-corrected chi connectivity index (χ4v) is 5.83. The van der Waals surface area contributed by atoms with Gasteiger partial charge in [-0.3, -0.25) is 0 Å². The molecule has 1 aromatic carbocycles. The number of likely N-dealkylation sites (tertiary alicyclic amines) is 1. The molecule has 3 N–H and O–H groups in total. The summed E-state index contributed by atoms with van der Waals surface area (Å²) in [5.74, 6) is -0.106. The summed E-state index contributed by atoms with van der Waals surface area (Å²) in [6.07, 6.45) is 5.38. The van der Waals surface area contributed by atoms with Crippen LogP contribution in [0.25, 0.3) is 39.2 Å². The Morgan fingerprint density at radius 2 is 1.88 bits per heavy atom. The van der Waals surface area contributed by atoms with Gasteiger partial charge in [0.15, 0.2) is 5.65 Å². The van der Waals surface area contributed by atoms with Crippen LogP contribution in [0.15, 0.2) is 67.1 Å². The van der Waals surface area contributed by atoms with Crippen molar-refractivity contribution in [2.75, 3.05) is 25.9 Å². The van der Waals surface area contributed by atoms with E-state index in [0.29, 0.717) is 33.9 Å². The van der Waals surface area contributed by atoms with Crippen molar-refractivity contribution in [2.45, 2.75) is 31.9 Å². The Hall–Kier alpha value is -5.10. The Balaban J connectivity index is 1.32. The molecular weight excluding hydrogens is 549 g/mol. The van der Waals surface area contributed by atoms with Gasteiger partial charge in [0.05, 0.1) is 17.1 Å². The van der Waals surface area contributed by atoms with Gasteiger partial charge in [0, 0.05) is 48.1 Å². The lowest BCUT2D eigenvalue weighted by Crippen LogP contribution is -2.35. The van der Waals surface area contributed by atoms with Crippen LogP contribution in [-0.4, -0.2) is 70.6 Å². The van der Waals surface area contributed by atoms with Gasteiger partial charge in [-0.05, 0) is 63.2 Å².